The van der Waals surface area contributed by atoms with Gasteiger partial charge in [-0.1, -0.05) is 42.0 Å². The lowest BCUT2D eigenvalue weighted by molar-refractivity contribution is 0.0730. The average molecular weight is 439 g/mol. The molecule has 1 fully saturated rings. The lowest BCUT2D eigenvalue weighted by Gasteiger charge is -2.26. The Morgan fingerprint density at radius 2 is 1.65 bits per heavy atom. The van der Waals surface area contributed by atoms with Crippen LogP contribution in [0, 0.1) is 6.92 Å². The quantitative estimate of drug-likeness (QED) is 0.610. The summed E-state index contributed by atoms with van der Waals surface area (Å²) < 4.78 is 32.1. The molecule has 1 saturated heterocycles. The predicted molar refractivity (Wildman–Crippen MR) is 120 cm³/mol. The maximum Gasteiger partial charge on any atom is 0.243 e. The van der Waals surface area contributed by atoms with Crippen molar-refractivity contribution in [3.63, 3.8) is 0 Å². The molecule has 0 spiro atoms. The van der Waals surface area contributed by atoms with E-state index >= 15 is 0 Å². The highest BCUT2D eigenvalue weighted by Gasteiger charge is 2.25. The molecular weight excluding hydrogens is 412 g/mol. The van der Waals surface area contributed by atoms with Gasteiger partial charge in [-0.3, -0.25) is 0 Å². The van der Waals surface area contributed by atoms with Gasteiger partial charge in [0.15, 0.2) is 0 Å². The normalized spacial score (nSPS) is 15.0. The summed E-state index contributed by atoms with van der Waals surface area (Å²) in [4.78, 5) is 0.323. The van der Waals surface area contributed by atoms with Gasteiger partial charge in [0.1, 0.15) is 5.82 Å². The number of ether oxygens (including phenoxy) is 1. The highest BCUT2D eigenvalue weighted by molar-refractivity contribution is 7.89. The van der Waals surface area contributed by atoms with Crippen LogP contribution in [0.3, 0.4) is 0 Å². The molecule has 1 N–H and O–H groups in total. The number of rotatable bonds is 7. The van der Waals surface area contributed by atoms with Crippen LogP contribution in [0.4, 0.5) is 5.82 Å². The van der Waals surface area contributed by atoms with Gasteiger partial charge in [-0.2, -0.15) is 4.31 Å². The number of sulfonamides is 1. The van der Waals surface area contributed by atoms with Gasteiger partial charge in [-0.25, -0.2) is 8.42 Å². The third-order valence-electron chi connectivity index (χ3n) is 5.26. The maximum absolute atomic E-state index is 12.7. The smallest absolute Gasteiger partial charge is 0.243 e. The minimum Gasteiger partial charge on any atom is -0.379 e. The first-order valence-corrected chi connectivity index (χ1v) is 11.8. The highest BCUT2D eigenvalue weighted by atomic mass is 32.2. The molecule has 0 aliphatic carbocycles. The zero-order valence-corrected chi connectivity index (χ0v) is 18.3. The summed E-state index contributed by atoms with van der Waals surface area (Å²) in [5, 5.41) is 11.8. The van der Waals surface area contributed by atoms with Crippen LogP contribution in [0.2, 0.25) is 0 Å². The second-order valence-electron chi connectivity index (χ2n) is 7.51. The van der Waals surface area contributed by atoms with E-state index in [4.69, 9.17) is 4.74 Å². The number of morpholine rings is 1. The molecule has 3 aromatic rings. The molecule has 0 unspecified atom stereocenters. The molecule has 4 rings (SSSR count). The zero-order valence-electron chi connectivity index (χ0n) is 17.5. The lowest BCUT2D eigenvalue weighted by atomic mass is 10.1. The van der Waals surface area contributed by atoms with Crippen molar-refractivity contribution in [1.82, 2.24) is 14.5 Å². The van der Waals surface area contributed by atoms with Gasteiger partial charge in [0.05, 0.1) is 23.8 Å². The van der Waals surface area contributed by atoms with E-state index in [1.165, 1.54) is 9.87 Å². The summed E-state index contributed by atoms with van der Waals surface area (Å²) in [6, 6.07) is 19.1. The Labute approximate surface area is 183 Å². The minimum atomic E-state index is -3.45. The Kier molecular flexibility index (Phi) is 6.60. The minimum absolute atomic E-state index is 0.323. The van der Waals surface area contributed by atoms with E-state index in [2.05, 4.69) is 34.6 Å². The second kappa shape index (κ2) is 9.55. The third-order valence-corrected chi connectivity index (χ3v) is 7.18. The first-order chi connectivity index (χ1) is 15.0. The van der Waals surface area contributed by atoms with Crippen LogP contribution in [0.25, 0.3) is 11.3 Å². The van der Waals surface area contributed by atoms with Crippen LogP contribution >= 0.6 is 0 Å². The number of aromatic nitrogens is 2. The Hall–Kier alpha value is -2.81. The standard InChI is InChI=1S/C23H26N4O3S/c1-18-2-6-20(7-3-18)22-10-11-23(26-25-22)24-13-12-19-4-8-21(9-5-19)31(28,29)27-14-16-30-17-15-27/h2-11H,12-17H2,1H3,(H,24,26). The van der Waals surface area contributed by atoms with Crippen molar-refractivity contribution in [2.45, 2.75) is 18.2 Å². The van der Waals surface area contributed by atoms with Gasteiger partial charge in [0.25, 0.3) is 0 Å². The van der Waals surface area contributed by atoms with E-state index in [0.29, 0.717) is 43.6 Å². The second-order valence-corrected chi connectivity index (χ2v) is 9.44. The molecule has 31 heavy (non-hydrogen) atoms. The molecule has 2 heterocycles. The number of hydrogen-bond donors (Lipinski definition) is 1. The van der Waals surface area contributed by atoms with Crippen LogP contribution in [-0.2, 0) is 21.2 Å². The average Bonchev–Trinajstić information content (AvgIpc) is 2.81. The summed E-state index contributed by atoms with van der Waals surface area (Å²) >= 11 is 0. The summed E-state index contributed by atoms with van der Waals surface area (Å²) in [6.07, 6.45) is 0.749. The predicted octanol–water partition coefficient (Wildman–Crippen LogP) is 3.13. The van der Waals surface area contributed by atoms with Crippen LogP contribution in [0.5, 0.6) is 0 Å². The molecule has 0 atom stereocenters. The fourth-order valence-electron chi connectivity index (χ4n) is 3.40. The third kappa shape index (κ3) is 5.28. The van der Waals surface area contributed by atoms with E-state index in [0.717, 1.165) is 23.2 Å². The molecule has 0 amide bonds. The van der Waals surface area contributed by atoms with Gasteiger partial charge in [0, 0.05) is 25.2 Å². The van der Waals surface area contributed by atoms with Crippen molar-refractivity contribution < 1.29 is 13.2 Å². The van der Waals surface area contributed by atoms with Crippen LogP contribution in [0.15, 0.2) is 65.6 Å². The van der Waals surface area contributed by atoms with Crippen molar-refractivity contribution >= 4 is 15.8 Å². The largest absolute Gasteiger partial charge is 0.379 e. The maximum atomic E-state index is 12.7. The van der Waals surface area contributed by atoms with Crippen LogP contribution in [0.1, 0.15) is 11.1 Å². The molecular formula is C23H26N4O3S. The lowest BCUT2D eigenvalue weighted by Crippen LogP contribution is -2.40. The van der Waals surface area contributed by atoms with Crippen molar-refractivity contribution in [2.75, 3.05) is 38.2 Å². The molecule has 2 aromatic carbocycles. The van der Waals surface area contributed by atoms with E-state index in [1.54, 1.807) is 12.1 Å². The number of aryl methyl sites for hydroxylation is 1. The fraction of sp³-hybridized carbons (Fsp3) is 0.304. The van der Waals surface area contributed by atoms with Crippen molar-refractivity contribution in [2.24, 2.45) is 0 Å². The molecule has 0 radical (unpaired) electrons. The molecule has 0 bridgehead atoms. The number of nitrogens with zero attached hydrogens (tertiary/aromatic N) is 3. The Bertz CT molecular complexity index is 1090. The summed E-state index contributed by atoms with van der Waals surface area (Å²) in [5.41, 5.74) is 4.14. The summed E-state index contributed by atoms with van der Waals surface area (Å²) in [6.45, 7) is 4.42. The Balaban J connectivity index is 1.31. The Morgan fingerprint density at radius 1 is 0.935 bits per heavy atom. The van der Waals surface area contributed by atoms with Crippen molar-refractivity contribution in [1.29, 1.82) is 0 Å². The highest BCUT2D eigenvalue weighted by Crippen LogP contribution is 2.19. The first kappa shape index (κ1) is 21.4. The van der Waals surface area contributed by atoms with Crippen molar-refractivity contribution in [3.05, 3.63) is 71.8 Å². The molecule has 1 aliphatic rings. The number of hydrogen-bond acceptors (Lipinski definition) is 6. The van der Waals surface area contributed by atoms with Gasteiger partial charge < -0.3 is 10.1 Å². The van der Waals surface area contributed by atoms with Crippen molar-refractivity contribution in [3.8, 4) is 11.3 Å². The fourth-order valence-corrected chi connectivity index (χ4v) is 4.81. The molecule has 7 nitrogen and oxygen atoms in total. The molecule has 0 saturated carbocycles. The molecule has 8 heteroatoms. The topological polar surface area (TPSA) is 84.4 Å². The summed E-state index contributed by atoms with van der Waals surface area (Å²) in [5.74, 6) is 0.711. The molecule has 1 aromatic heterocycles. The zero-order chi connectivity index (χ0) is 21.7. The SMILES string of the molecule is Cc1ccc(-c2ccc(NCCc3ccc(S(=O)(=O)N4CCOCC4)cc3)nn2)cc1. The van der Waals surface area contributed by atoms with Gasteiger partial charge in [0.2, 0.25) is 10.0 Å². The first-order valence-electron chi connectivity index (χ1n) is 10.3. The van der Waals surface area contributed by atoms with Gasteiger partial charge in [-0.15, -0.1) is 10.2 Å². The van der Waals surface area contributed by atoms with E-state index in [9.17, 15) is 8.42 Å². The Morgan fingerprint density at radius 3 is 2.29 bits per heavy atom. The van der Waals surface area contributed by atoms with Crippen LogP contribution in [-0.4, -0.2) is 55.8 Å². The number of benzene rings is 2. The van der Waals surface area contributed by atoms with E-state index < -0.39 is 10.0 Å². The number of nitrogens with one attached hydrogen (secondary N) is 1. The van der Waals surface area contributed by atoms with Gasteiger partial charge in [-0.05, 0) is 43.2 Å². The monoisotopic (exact) mass is 438 g/mol. The number of anilines is 1. The molecule has 1 aliphatic heterocycles. The summed E-state index contributed by atoms with van der Waals surface area (Å²) in [7, 11) is -3.45. The van der Waals surface area contributed by atoms with E-state index in [-0.39, 0.29) is 0 Å². The van der Waals surface area contributed by atoms with E-state index in [1.807, 2.05) is 36.4 Å². The van der Waals surface area contributed by atoms with Crippen LogP contribution < -0.4 is 5.32 Å². The van der Waals surface area contributed by atoms with Gasteiger partial charge >= 0.3 is 0 Å². The molecule has 162 valence electrons.